The monoisotopic (exact) mass is 507 g/mol. The van der Waals surface area contributed by atoms with Crippen LogP contribution in [0.25, 0.3) is 22.2 Å². The Morgan fingerprint density at radius 3 is 2.42 bits per heavy atom. The molecule has 0 radical (unpaired) electrons. The van der Waals surface area contributed by atoms with Crippen LogP contribution in [0.1, 0.15) is 61.3 Å². The average molecular weight is 508 g/mol. The Hall–Kier alpha value is -2.68. The summed E-state index contributed by atoms with van der Waals surface area (Å²) in [6.07, 6.45) is 7.85. The molecule has 1 aliphatic heterocycles. The normalized spacial score (nSPS) is 21.7. The number of hydrogen-bond acceptors (Lipinski definition) is 4. The fraction of sp³-hybridized carbons (Fsp3) is 0.464. The van der Waals surface area contributed by atoms with Crippen LogP contribution in [0.15, 0.2) is 53.4 Å². The van der Waals surface area contributed by atoms with Crippen LogP contribution in [-0.4, -0.2) is 49.6 Å². The molecule has 1 atom stereocenters. The summed E-state index contributed by atoms with van der Waals surface area (Å²) < 4.78 is 32.8. The SMILES string of the molecule is NS(=O)(=O)c1ccc2c(C(=O)N3CCOC(C4CC4)C3)c(-c3ccccc3)n(C3CCCCC3)c2c1. The largest absolute Gasteiger partial charge is 0.374 e. The van der Waals surface area contributed by atoms with Crippen LogP contribution in [0.4, 0.5) is 0 Å². The van der Waals surface area contributed by atoms with Crippen molar-refractivity contribution in [1.29, 1.82) is 0 Å². The fourth-order valence-electron chi connectivity index (χ4n) is 6.05. The lowest BCUT2D eigenvalue weighted by Gasteiger charge is -2.33. The Morgan fingerprint density at radius 2 is 1.72 bits per heavy atom. The predicted octanol–water partition coefficient (Wildman–Crippen LogP) is 4.71. The van der Waals surface area contributed by atoms with E-state index in [0.717, 1.165) is 47.8 Å². The van der Waals surface area contributed by atoms with Crippen LogP contribution >= 0.6 is 0 Å². The molecule has 3 aromatic rings. The molecule has 2 aromatic carbocycles. The van der Waals surface area contributed by atoms with Crippen LogP contribution in [0.5, 0.6) is 0 Å². The number of nitrogens with two attached hydrogens (primary N) is 1. The van der Waals surface area contributed by atoms with E-state index in [0.29, 0.717) is 31.2 Å². The van der Waals surface area contributed by atoms with Crippen LogP contribution in [0.3, 0.4) is 0 Å². The highest BCUT2D eigenvalue weighted by molar-refractivity contribution is 7.89. The molecule has 2 N–H and O–H groups in total. The van der Waals surface area contributed by atoms with Crippen LogP contribution in [0.2, 0.25) is 0 Å². The molecule has 190 valence electrons. The molecular formula is C28H33N3O4S. The van der Waals surface area contributed by atoms with Crippen molar-refractivity contribution in [2.24, 2.45) is 11.1 Å². The molecule has 2 heterocycles. The molecule has 8 heteroatoms. The van der Waals surface area contributed by atoms with Crippen molar-refractivity contribution in [3.05, 3.63) is 54.1 Å². The van der Waals surface area contributed by atoms with Crippen LogP contribution in [-0.2, 0) is 14.8 Å². The van der Waals surface area contributed by atoms with Gasteiger partial charge in [0.05, 0.1) is 34.4 Å². The third-order valence-electron chi connectivity index (χ3n) is 8.03. The molecule has 3 fully saturated rings. The number of fused-ring (bicyclic) bond motifs is 1. The van der Waals surface area contributed by atoms with Crippen LogP contribution in [0, 0.1) is 5.92 Å². The van der Waals surface area contributed by atoms with Gasteiger partial charge < -0.3 is 14.2 Å². The third kappa shape index (κ3) is 4.35. The van der Waals surface area contributed by atoms with Gasteiger partial charge in [-0.1, -0.05) is 55.7 Å². The summed E-state index contributed by atoms with van der Waals surface area (Å²) >= 11 is 0. The van der Waals surface area contributed by atoms with Crippen molar-refractivity contribution in [2.45, 2.75) is 62.0 Å². The fourth-order valence-corrected chi connectivity index (χ4v) is 6.59. The Balaban J connectivity index is 1.57. The molecule has 0 spiro atoms. The Labute approximate surface area is 212 Å². The van der Waals surface area contributed by atoms with Gasteiger partial charge in [0, 0.05) is 24.5 Å². The average Bonchev–Trinajstić information content (AvgIpc) is 3.70. The minimum absolute atomic E-state index is 0.00859. The van der Waals surface area contributed by atoms with E-state index in [9.17, 15) is 13.2 Å². The van der Waals surface area contributed by atoms with E-state index in [2.05, 4.69) is 4.57 Å². The van der Waals surface area contributed by atoms with Gasteiger partial charge in [-0.15, -0.1) is 0 Å². The first-order chi connectivity index (χ1) is 17.4. The zero-order valence-corrected chi connectivity index (χ0v) is 21.3. The van der Waals surface area contributed by atoms with E-state index < -0.39 is 10.0 Å². The number of morpholine rings is 1. The number of rotatable bonds is 5. The Kier molecular flexibility index (Phi) is 6.14. The number of benzene rings is 2. The lowest BCUT2D eigenvalue weighted by atomic mass is 9.94. The van der Waals surface area contributed by atoms with Crippen molar-refractivity contribution in [3.63, 3.8) is 0 Å². The van der Waals surface area contributed by atoms with E-state index in [-0.39, 0.29) is 22.9 Å². The number of carbonyl (C=O) groups is 1. The van der Waals surface area contributed by atoms with Crippen LogP contribution < -0.4 is 5.14 Å². The highest BCUT2D eigenvalue weighted by Gasteiger charge is 2.38. The number of primary sulfonamides is 1. The van der Waals surface area contributed by atoms with E-state index >= 15 is 0 Å². The summed E-state index contributed by atoms with van der Waals surface area (Å²) in [4.78, 5) is 16.3. The van der Waals surface area contributed by atoms with Gasteiger partial charge in [-0.2, -0.15) is 0 Å². The minimum Gasteiger partial charge on any atom is -0.374 e. The molecule has 1 aromatic heterocycles. The molecule has 7 nitrogen and oxygen atoms in total. The summed E-state index contributed by atoms with van der Waals surface area (Å²) in [7, 11) is -3.89. The van der Waals surface area contributed by atoms with Crippen molar-refractivity contribution in [1.82, 2.24) is 9.47 Å². The van der Waals surface area contributed by atoms with Crippen molar-refractivity contribution in [2.75, 3.05) is 19.7 Å². The molecule has 0 bridgehead atoms. The second-order valence-electron chi connectivity index (χ2n) is 10.5. The Morgan fingerprint density at radius 1 is 0.972 bits per heavy atom. The molecule has 1 amide bonds. The molecule has 3 aliphatic rings. The molecule has 6 rings (SSSR count). The molecule has 2 aliphatic carbocycles. The van der Waals surface area contributed by atoms with Gasteiger partial charge in [0.1, 0.15) is 0 Å². The number of amides is 1. The zero-order chi connectivity index (χ0) is 24.9. The second kappa shape index (κ2) is 9.32. The molecule has 1 saturated heterocycles. The number of hydrogen-bond donors (Lipinski definition) is 1. The zero-order valence-electron chi connectivity index (χ0n) is 20.4. The maximum atomic E-state index is 14.3. The first-order valence-electron chi connectivity index (χ1n) is 13.1. The van der Waals surface area contributed by atoms with Gasteiger partial charge in [-0.3, -0.25) is 4.79 Å². The second-order valence-corrected chi connectivity index (χ2v) is 12.0. The summed E-state index contributed by atoms with van der Waals surface area (Å²) in [5.74, 6) is 0.542. The van der Waals surface area contributed by atoms with Gasteiger partial charge >= 0.3 is 0 Å². The smallest absolute Gasteiger partial charge is 0.256 e. The number of nitrogens with zero attached hydrogens (tertiary/aromatic N) is 2. The van der Waals surface area contributed by atoms with E-state index in [4.69, 9.17) is 9.88 Å². The van der Waals surface area contributed by atoms with Gasteiger partial charge in [-0.25, -0.2) is 13.6 Å². The van der Waals surface area contributed by atoms with Crippen molar-refractivity contribution in [3.8, 4) is 11.3 Å². The summed E-state index contributed by atoms with van der Waals surface area (Å²) in [6, 6.07) is 15.2. The van der Waals surface area contributed by atoms with Gasteiger partial charge in [0.25, 0.3) is 5.91 Å². The molecule has 1 unspecified atom stereocenters. The number of sulfonamides is 1. The Bertz CT molecular complexity index is 1390. The summed E-state index contributed by atoms with van der Waals surface area (Å²) in [6.45, 7) is 1.70. The number of ether oxygens (including phenoxy) is 1. The molecular weight excluding hydrogens is 474 g/mol. The topological polar surface area (TPSA) is 94.6 Å². The van der Waals surface area contributed by atoms with E-state index in [1.807, 2.05) is 35.2 Å². The highest BCUT2D eigenvalue weighted by atomic mass is 32.2. The molecule has 36 heavy (non-hydrogen) atoms. The van der Waals surface area contributed by atoms with Gasteiger partial charge in [0.2, 0.25) is 10.0 Å². The minimum atomic E-state index is -3.89. The van der Waals surface area contributed by atoms with Crippen molar-refractivity contribution < 1.29 is 17.9 Å². The first kappa shape index (κ1) is 23.7. The lowest BCUT2D eigenvalue weighted by Crippen LogP contribution is -2.46. The maximum absolute atomic E-state index is 14.3. The summed E-state index contributed by atoms with van der Waals surface area (Å²) in [5, 5.41) is 6.32. The first-order valence-corrected chi connectivity index (χ1v) is 14.6. The van der Waals surface area contributed by atoms with E-state index in [1.54, 1.807) is 12.1 Å². The number of carbonyl (C=O) groups excluding carboxylic acids is 1. The quantitative estimate of drug-likeness (QED) is 0.541. The van der Waals surface area contributed by atoms with Gasteiger partial charge in [-0.05, 0) is 49.3 Å². The number of aromatic nitrogens is 1. The predicted molar refractivity (Wildman–Crippen MR) is 139 cm³/mol. The summed E-state index contributed by atoms with van der Waals surface area (Å²) in [5.41, 5.74) is 3.26. The van der Waals surface area contributed by atoms with E-state index in [1.165, 1.54) is 25.3 Å². The lowest BCUT2D eigenvalue weighted by molar-refractivity contribution is -0.0313. The molecule has 2 saturated carbocycles. The highest BCUT2D eigenvalue weighted by Crippen LogP contribution is 2.42. The van der Waals surface area contributed by atoms with Gasteiger partial charge in [0.15, 0.2) is 0 Å². The standard InChI is InChI=1S/C28H33N3O4S/c29-36(33,34)22-13-14-23-24(17-22)31(21-9-5-2-6-10-21)27(20-7-3-1-4-8-20)26(23)28(32)30-15-16-35-25(18-30)19-11-12-19/h1,3-4,7-8,13-14,17,19,21,25H,2,5-6,9-12,15-16,18H2,(H2,29,33,34). The third-order valence-corrected chi connectivity index (χ3v) is 8.94. The maximum Gasteiger partial charge on any atom is 0.256 e. The van der Waals surface area contributed by atoms with Crippen molar-refractivity contribution >= 4 is 26.8 Å².